The molecule has 0 radical (unpaired) electrons. The Morgan fingerprint density at radius 1 is 1.46 bits per heavy atom. The van der Waals surface area contributed by atoms with Gasteiger partial charge in [0.25, 0.3) is 0 Å². The summed E-state index contributed by atoms with van der Waals surface area (Å²) in [6.45, 7) is 1.56. The van der Waals surface area contributed by atoms with Crippen molar-refractivity contribution < 1.29 is 14.3 Å². The van der Waals surface area contributed by atoms with Gasteiger partial charge in [-0.2, -0.15) is 0 Å². The zero-order valence-electron chi connectivity index (χ0n) is 7.95. The van der Waals surface area contributed by atoms with E-state index in [0.29, 0.717) is 26.1 Å². The standard InChI is InChI=1S/C8H14N2O3/c1-9-7(11)3-4-10(8(9)12)5-6-13-2/h3-6H2,1-2H3. The van der Waals surface area contributed by atoms with Crippen molar-refractivity contribution >= 4 is 11.9 Å². The minimum Gasteiger partial charge on any atom is -0.383 e. The predicted molar refractivity (Wildman–Crippen MR) is 46.2 cm³/mol. The normalized spacial score (nSPS) is 18.3. The summed E-state index contributed by atoms with van der Waals surface area (Å²) in [6.07, 6.45) is 0.409. The lowest BCUT2D eigenvalue weighted by Gasteiger charge is -2.31. The first-order valence-electron chi connectivity index (χ1n) is 4.21. The largest absolute Gasteiger partial charge is 0.383 e. The van der Waals surface area contributed by atoms with Gasteiger partial charge in [-0.1, -0.05) is 0 Å². The second kappa shape index (κ2) is 4.23. The van der Waals surface area contributed by atoms with Crippen LogP contribution in [0.2, 0.25) is 0 Å². The van der Waals surface area contributed by atoms with E-state index in [1.807, 2.05) is 0 Å². The van der Waals surface area contributed by atoms with Crippen LogP contribution < -0.4 is 0 Å². The van der Waals surface area contributed by atoms with Gasteiger partial charge in [0, 0.05) is 33.7 Å². The fraction of sp³-hybridized carbons (Fsp3) is 0.750. The summed E-state index contributed by atoms with van der Waals surface area (Å²) in [5.41, 5.74) is 0. The maximum absolute atomic E-state index is 11.4. The lowest BCUT2D eigenvalue weighted by Crippen LogP contribution is -2.51. The summed E-state index contributed by atoms with van der Waals surface area (Å²) >= 11 is 0. The average molecular weight is 186 g/mol. The molecule has 0 aromatic heterocycles. The zero-order valence-corrected chi connectivity index (χ0v) is 7.95. The molecule has 13 heavy (non-hydrogen) atoms. The summed E-state index contributed by atoms with van der Waals surface area (Å²) in [5.74, 6) is -0.112. The predicted octanol–water partition coefficient (Wildman–Crippen LogP) is -0.0831. The molecule has 0 spiro atoms. The van der Waals surface area contributed by atoms with Gasteiger partial charge in [-0.25, -0.2) is 4.79 Å². The number of carbonyl (C=O) groups excluding carboxylic acids is 2. The Balaban J connectivity index is 2.49. The van der Waals surface area contributed by atoms with E-state index in [0.717, 1.165) is 4.90 Å². The fourth-order valence-electron chi connectivity index (χ4n) is 1.22. The Hall–Kier alpha value is -1.10. The van der Waals surface area contributed by atoms with Gasteiger partial charge in [0.2, 0.25) is 5.91 Å². The highest BCUT2D eigenvalue weighted by molar-refractivity contribution is 5.96. The highest BCUT2D eigenvalue weighted by Gasteiger charge is 2.28. The second-order valence-corrected chi connectivity index (χ2v) is 2.97. The van der Waals surface area contributed by atoms with Gasteiger partial charge in [-0.15, -0.1) is 0 Å². The van der Waals surface area contributed by atoms with Crippen LogP contribution in [-0.4, -0.2) is 55.6 Å². The number of imide groups is 1. The maximum Gasteiger partial charge on any atom is 0.326 e. The number of rotatable bonds is 3. The van der Waals surface area contributed by atoms with Gasteiger partial charge in [0.15, 0.2) is 0 Å². The Bertz CT molecular complexity index is 217. The molecule has 0 unspecified atom stereocenters. The van der Waals surface area contributed by atoms with Crippen molar-refractivity contribution in [1.29, 1.82) is 0 Å². The molecule has 5 nitrogen and oxygen atoms in total. The molecule has 0 saturated carbocycles. The third-order valence-electron chi connectivity index (χ3n) is 2.09. The molecule has 0 bridgehead atoms. The summed E-state index contributed by atoms with van der Waals surface area (Å²) < 4.78 is 4.86. The van der Waals surface area contributed by atoms with Crippen molar-refractivity contribution in [2.75, 3.05) is 33.9 Å². The van der Waals surface area contributed by atoms with Crippen LogP contribution in [-0.2, 0) is 9.53 Å². The molecule has 0 aromatic carbocycles. The number of hydrogen-bond donors (Lipinski definition) is 0. The first-order chi connectivity index (χ1) is 6.16. The van der Waals surface area contributed by atoms with E-state index in [2.05, 4.69) is 0 Å². The number of ether oxygens (including phenoxy) is 1. The smallest absolute Gasteiger partial charge is 0.326 e. The third-order valence-corrected chi connectivity index (χ3v) is 2.09. The molecular formula is C8H14N2O3. The molecular weight excluding hydrogens is 172 g/mol. The van der Waals surface area contributed by atoms with E-state index in [1.54, 1.807) is 12.0 Å². The topological polar surface area (TPSA) is 49.9 Å². The van der Waals surface area contributed by atoms with Crippen molar-refractivity contribution in [2.45, 2.75) is 6.42 Å². The van der Waals surface area contributed by atoms with Crippen molar-refractivity contribution in [3.05, 3.63) is 0 Å². The van der Waals surface area contributed by atoms with Gasteiger partial charge < -0.3 is 9.64 Å². The maximum atomic E-state index is 11.4. The van der Waals surface area contributed by atoms with E-state index in [-0.39, 0.29) is 11.9 Å². The van der Waals surface area contributed by atoms with Crippen molar-refractivity contribution in [1.82, 2.24) is 9.80 Å². The number of methoxy groups -OCH3 is 1. The number of nitrogens with zero attached hydrogens (tertiary/aromatic N) is 2. The van der Waals surface area contributed by atoms with Crippen LogP contribution in [0.25, 0.3) is 0 Å². The molecule has 1 heterocycles. The van der Waals surface area contributed by atoms with E-state index in [9.17, 15) is 9.59 Å². The summed E-state index contributed by atoms with van der Waals surface area (Å²) in [7, 11) is 3.09. The quantitative estimate of drug-likeness (QED) is 0.619. The second-order valence-electron chi connectivity index (χ2n) is 2.97. The molecule has 1 aliphatic rings. The third kappa shape index (κ3) is 2.18. The van der Waals surface area contributed by atoms with Gasteiger partial charge in [-0.3, -0.25) is 9.69 Å². The lowest BCUT2D eigenvalue weighted by atomic mass is 10.3. The van der Waals surface area contributed by atoms with Crippen LogP contribution in [0.3, 0.4) is 0 Å². The molecule has 1 fully saturated rings. The zero-order chi connectivity index (χ0) is 9.84. The Labute approximate surface area is 77.2 Å². The molecule has 0 aromatic rings. The van der Waals surface area contributed by atoms with Gasteiger partial charge >= 0.3 is 6.03 Å². The minimum absolute atomic E-state index is 0.112. The van der Waals surface area contributed by atoms with Crippen molar-refractivity contribution in [2.24, 2.45) is 0 Å². The first-order valence-corrected chi connectivity index (χ1v) is 4.21. The highest BCUT2D eigenvalue weighted by atomic mass is 16.5. The Kier molecular flexibility index (Phi) is 3.25. The molecule has 3 amide bonds. The van der Waals surface area contributed by atoms with Crippen LogP contribution in [0.15, 0.2) is 0 Å². The molecule has 5 heteroatoms. The van der Waals surface area contributed by atoms with Crippen LogP contribution in [0.4, 0.5) is 4.79 Å². The molecule has 1 saturated heterocycles. The molecule has 0 atom stereocenters. The number of carbonyl (C=O) groups is 2. The van der Waals surface area contributed by atoms with Crippen molar-refractivity contribution in [3.8, 4) is 0 Å². The molecule has 1 aliphatic heterocycles. The van der Waals surface area contributed by atoms with Crippen LogP contribution in [0.5, 0.6) is 0 Å². The van der Waals surface area contributed by atoms with Gasteiger partial charge in [0.05, 0.1) is 6.61 Å². The average Bonchev–Trinajstić information content (AvgIpc) is 2.13. The first kappa shape index (κ1) is 9.98. The van der Waals surface area contributed by atoms with Crippen LogP contribution in [0, 0.1) is 0 Å². The fourth-order valence-corrected chi connectivity index (χ4v) is 1.22. The monoisotopic (exact) mass is 186 g/mol. The number of hydrogen-bond acceptors (Lipinski definition) is 3. The van der Waals surface area contributed by atoms with Gasteiger partial charge in [0.1, 0.15) is 0 Å². The highest BCUT2D eigenvalue weighted by Crippen LogP contribution is 2.07. The molecule has 74 valence electrons. The molecule has 1 rings (SSSR count). The van der Waals surface area contributed by atoms with E-state index in [1.165, 1.54) is 7.05 Å². The van der Waals surface area contributed by atoms with E-state index >= 15 is 0 Å². The SMILES string of the molecule is COCCN1CCC(=O)N(C)C1=O. The van der Waals surface area contributed by atoms with E-state index < -0.39 is 0 Å². The van der Waals surface area contributed by atoms with E-state index in [4.69, 9.17) is 4.74 Å². The van der Waals surface area contributed by atoms with Crippen LogP contribution >= 0.6 is 0 Å². The minimum atomic E-state index is -0.228. The van der Waals surface area contributed by atoms with Gasteiger partial charge in [-0.05, 0) is 0 Å². The number of amides is 3. The van der Waals surface area contributed by atoms with Crippen molar-refractivity contribution in [3.63, 3.8) is 0 Å². The summed E-state index contributed by atoms with van der Waals surface area (Å²) in [6, 6.07) is -0.228. The lowest BCUT2D eigenvalue weighted by molar-refractivity contribution is -0.129. The van der Waals surface area contributed by atoms with Crippen LogP contribution in [0.1, 0.15) is 6.42 Å². The summed E-state index contributed by atoms with van der Waals surface area (Å²) in [5, 5.41) is 0. The molecule has 0 N–H and O–H groups in total. The Morgan fingerprint density at radius 3 is 2.77 bits per heavy atom. The summed E-state index contributed by atoms with van der Waals surface area (Å²) in [4.78, 5) is 25.3. The molecule has 0 aliphatic carbocycles. The number of urea groups is 1. The Morgan fingerprint density at radius 2 is 2.15 bits per heavy atom.